The molecule has 0 nitrogen and oxygen atoms in total. The summed E-state index contributed by atoms with van der Waals surface area (Å²) in [7, 11) is 0. The summed E-state index contributed by atoms with van der Waals surface area (Å²) in [4.78, 5) is 0. The molecule has 138 heavy (non-hydrogen) atoms. The highest BCUT2D eigenvalue weighted by Gasteiger charge is 2.39. The molecule has 30 aromatic carbocycles. The van der Waals surface area contributed by atoms with Crippen LogP contribution in [0, 0.1) is 0 Å². The number of fused-ring (bicyclic) bond motifs is 24. The van der Waals surface area contributed by atoms with Gasteiger partial charge >= 0.3 is 0 Å². The summed E-state index contributed by atoms with van der Waals surface area (Å²) in [5.41, 5.74) is 36.4. The molecule has 0 radical (unpaired) electrons. The van der Waals surface area contributed by atoms with E-state index in [2.05, 4.69) is 461 Å². The van der Waals surface area contributed by atoms with Crippen LogP contribution >= 0.6 is 0 Å². The molecule has 30 aromatic rings. The third-order valence-electron chi connectivity index (χ3n) is 32.0. The number of rotatable bonds is 8. The summed E-state index contributed by atoms with van der Waals surface area (Å²) in [6.07, 6.45) is 0. The molecule has 0 heteroatoms. The van der Waals surface area contributed by atoms with E-state index >= 15 is 0 Å². The van der Waals surface area contributed by atoms with E-state index < -0.39 is 0 Å². The van der Waals surface area contributed by atoms with E-state index in [0.717, 1.165) is 0 Å². The van der Waals surface area contributed by atoms with Gasteiger partial charge in [0.15, 0.2) is 0 Å². The maximum atomic E-state index is 2.55. The van der Waals surface area contributed by atoms with E-state index in [1.165, 1.54) is 339 Å². The first kappa shape index (κ1) is 74.6. The molecule has 0 saturated heterocycles. The lowest BCUT2D eigenvalue weighted by Crippen LogP contribution is -1.93. The third kappa shape index (κ3) is 9.72. The standard InChI is InChI=1S/C74H40.C64H36/c1-5-18-41(19-6-1)61-48-28-15-16-29-49(48)62(42-20-7-2-8-21-42)72-56-37-33-51-53-35-39-58-69-57(38-34-52(67(53)69)50-32-36-55(71(61)72)68(56)66(50)51)73-63(43-22-9-3-10-23-43)60-40-59-46-27-14-13-26-45(46)47-30-17-31-54(65(47)59)70(60)64(74(58)73)44-24-11-4-12-25-44;1-5-17-37(18-6-1)53-41-25-13-14-26-42(41)54(38-19-7-2-8-20-38)62-50-34-30-46-48-32-36-52-60-51(35-31-47(58(48)60)45-29-33-49(61(53)62)59(50)57(45)46)63-55(39-21-9-3-10-22-39)43-27-15-16-28-44(43)56(64(52)63)40-23-11-4-12-24-40/h1-40H;1-36H. The minimum absolute atomic E-state index is 1.24. The molecule has 0 N–H and O–H groups in total. The van der Waals surface area contributed by atoms with Gasteiger partial charge in [0.25, 0.3) is 0 Å². The SMILES string of the molecule is c1ccc(-c2c3c(c(-c4ccccc4)c4ccccc24)-c2ccc4c5ccc6c7c(-c8ccccc8)c8c(cc9c%10ccccc%10c%10cccc8c%109)c(-c8ccccc8)c7c7ccc(c8ccc-3c2c84)c5c76)cc1.c1ccc(-c2c3c(c(-c4ccccc4)c4ccccc24)-c2ccc4c5ccc6c7c(ccc(c8ccc-3c2c84)c75)-c2c-6c(-c3ccccc3)c3ccccc3c2-c2ccccc2)cc1. The van der Waals surface area contributed by atoms with Gasteiger partial charge in [-0.3, -0.25) is 0 Å². The zero-order chi connectivity index (χ0) is 89.5. The average Bonchev–Trinajstić information content (AvgIpc) is 1.49. The molecular formula is C138H76. The Balaban J connectivity index is 0.000000127. The molecule has 0 atom stereocenters. The number of benzene rings is 28. The van der Waals surface area contributed by atoms with Gasteiger partial charge in [0.1, 0.15) is 0 Å². The van der Waals surface area contributed by atoms with Crippen molar-refractivity contribution in [2.75, 3.05) is 0 Å². The molecule has 0 aliphatic heterocycles. The lowest BCUT2D eigenvalue weighted by atomic mass is 9.82. The molecule has 0 heterocycles. The Morgan fingerprint density at radius 1 is 0.0725 bits per heavy atom. The number of hydrogen-bond acceptors (Lipinski definition) is 0. The first-order chi connectivity index (χ1) is 68.6. The van der Waals surface area contributed by atoms with Gasteiger partial charge in [0.05, 0.1) is 0 Å². The maximum absolute atomic E-state index is 2.55. The minimum atomic E-state index is 1.24. The summed E-state index contributed by atoms with van der Waals surface area (Å²) in [6, 6.07) is 174. The zero-order valence-electron chi connectivity index (χ0n) is 74.9. The van der Waals surface area contributed by atoms with Crippen molar-refractivity contribution in [2.24, 2.45) is 0 Å². The summed E-state index contributed by atoms with van der Waals surface area (Å²) in [5.74, 6) is 0. The van der Waals surface area contributed by atoms with Crippen LogP contribution in [-0.2, 0) is 0 Å². The molecule has 3 aliphatic rings. The van der Waals surface area contributed by atoms with Gasteiger partial charge in [-0.1, -0.05) is 455 Å². The van der Waals surface area contributed by atoms with E-state index in [1.54, 1.807) is 0 Å². The summed E-state index contributed by atoms with van der Waals surface area (Å²) in [5, 5.41) is 45.0. The molecule has 0 saturated carbocycles. The van der Waals surface area contributed by atoms with Crippen LogP contribution in [-0.4, -0.2) is 0 Å². The Bertz CT molecular complexity index is 9900. The highest BCUT2D eigenvalue weighted by Crippen LogP contribution is 2.67. The van der Waals surface area contributed by atoms with Crippen LogP contribution in [0.3, 0.4) is 0 Å². The second-order valence-corrected chi connectivity index (χ2v) is 38.5. The van der Waals surface area contributed by atoms with Crippen molar-refractivity contribution >= 4 is 183 Å². The molecule has 0 bridgehead atoms. The second kappa shape index (κ2) is 27.9. The van der Waals surface area contributed by atoms with Crippen molar-refractivity contribution < 1.29 is 0 Å². The predicted molar refractivity (Wildman–Crippen MR) is 592 cm³/mol. The lowest BCUT2D eigenvalue weighted by molar-refractivity contribution is 1.62. The quantitative estimate of drug-likeness (QED) is 0.105. The minimum Gasteiger partial charge on any atom is -0.0622 e. The monoisotopic (exact) mass is 1730 g/mol. The van der Waals surface area contributed by atoms with Crippen LogP contribution < -0.4 is 0 Å². The highest BCUT2D eigenvalue weighted by molar-refractivity contribution is 6.51. The van der Waals surface area contributed by atoms with E-state index in [4.69, 9.17) is 0 Å². The Kier molecular flexibility index (Phi) is 15.1. The van der Waals surface area contributed by atoms with Crippen molar-refractivity contribution in [3.05, 3.63) is 461 Å². The van der Waals surface area contributed by atoms with Crippen LogP contribution in [0.15, 0.2) is 461 Å². The summed E-state index contributed by atoms with van der Waals surface area (Å²) < 4.78 is 0. The van der Waals surface area contributed by atoms with Gasteiger partial charge in [-0.25, -0.2) is 0 Å². The Morgan fingerprint density at radius 2 is 0.254 bits per heavy atom. The van der Waals surface area contributed by atoms with Gasteiger partial charge in [-0.15, -0.1) is 0 Å². The van der Waals surface area contributed by atoms with Gasteiger partial charge in [0, 0.05) is 0 Å². The van der Waals surface area contributed by atoms with Gasteiger partial charge in [-0.2, -0.15) is 0 Å². The van der Waals surface area contributed by atoms with Crippen LogP contribution in [0.5, 0.6) is 0 Å². The van der Waals surface area contributed by atoms with Gasteiger partial charge < -0.3 is 0 Å². The van der Waals surface area contributed by atoms with Gasteiger partial charge in [0.2, 0.25) is 0 Å². The van der Waals surface area contributed by atoms with Crippen LogP contribution in [0.4, 0.5) is 0 Å². The van der Waals surface area contributed by atoms with Crippen molar-refractivity contribution in [2.45, 2.75) is 0 Å². The molecule has 0 spiro atoms. The van der Waals surface area contributed by atoms with E-state index in [9.17, 15) is 0 Å². The fraction of sp³-hybridized carbons (Fsp3) is 0. The molecule has 0 fully saturated rings. The first-order valence-corrected chi connectivity index (χ1v) is 48.5. The summed E-state index contributed by atoms with van der Waals surface area (Å²) >= 11 is 0. The molecule has 628 valence electrons. The Morgan fingerprint density at radius 3 is 0.536 bits per heavy atom. The fourth-order valence-corrected chi connectivity index (χ4v) is 27.0. The van der Waals surface area contributed by atoms with Crippen molar-refractivity contribution in [1.82, 2.24) is 0 Å². The largest absolute Gasteiger partial charge is 0.0622 e. The average molecular weight is 1730 g/mol. The molecule has 0 unspecified atom stereocenters. The Labute approximate surface area is 794 Å². The maximum Gasteiger partial charge on any atom is -0.000718 e. The van der Waals surface area contributed by atoms with Crippen LogP contribution in [0.1, 0.15) is 0 Å². The van der Waals surface area contributed by atoms with Gasteiger partial charge in [-0.05, 0) is 345 Å². The molecule has 33 rings (SSSR count). The molecule has 3 aliphatic carbocycles. The first-order valence-electron chi connectivity index (χ1n) is 48.5. The van der Waals surface area contributed by atoms with E-state index in [1.807, 2.05) is 0 Å². The second-order valence-electron chi connectivity index (χ2n) is 38.5. The molecule has 0 aromatic heterocycles. The topological polar surface area (TPSA) is 0 Å². The lowest BCUT2D eigenvalue weighted by Gasteiger charge is -2.20. The van der Waals surface area contributed by atoms with Crippen LogP contribution in [0.2, 0.25) is 0 Å². The number of hydrogen-bond donors (Lipinski definition) is 0. The molecule has 0 amide bonds. The zero-order valence-corrected chi connectivity index (χ0v) is 74.9. The summed E-state index contributed by atoms with van der Waals surface area (Å²) in [6.45, 7) is 0. The van der Waals surface area contributed by atoms with Crippen molar-refractivity contribution in [3.8, 4) is 156 Å². The highest BCUT2D eigenvalue weighted by atomic mass is 14.4. The predicted octanol–water partition coefficient (Wildman–Crippen LogP) is 39.0. The molecular weight excluding hydrogens is 1660 g/mol. The van der Waals surface area contributed by atoms with Crippen LogP contribution in [0.25, 0.3) is 339 Å². The Hall–Kier alpha value is -17.9. The van der Waals surface area contributed by atoms with Crippen molar-refractivity contribution in [1.29, 1.82) is 0 Å². The third-order valence-corrected chi connectivity index (χ3v) is 32.0. The smallest absolute Gasteiger partial charge is 0.000718 e. The van der Waals surface area contributed by atoms with E-state index in [0.29, 0.717) is 0 Å². The van der Waals surface area contributed by atoms with E-state index in [-0.39, 0.29) is 0 Å². The van der Waals surface area contributed by atoms with Crippen molar-refractivity contribution in [3.63, 3.8) is 0 Å². The fourth-order valence-electron chi connectivity index (χ4n) is 27.0. The normalized spacial score (nSPS) is 12.5.